The van der Waals surface area contributed by atoms with Crippen LogP contribution in [-0.4, -0.2) is 31.4 Å². The van der Waals surface area contributed by atoms with Crippen molar-refractivity contribution < 1.29 is 14.6 Å². The van der Waals surface area contributed by atoms with E-state index >= 15 is 0 Å². The van der Waals surface area contributed by atoms with E-state index in [0.29, 0.717) is 33.9 Å². The quantitative estimate of drug-likeness (QED) is 0.262. The minimum Gasteiger partial charge on any atom is -0.507 e. The molecule has 3 aromatic rings. The zero-order chi connectivity index (χ0) is 26.0. The number of ether oxygens (including phenoxy) is 1. The van der Waals surface area contributed by atoms with Crippen molar-refractivity contribution in [2.75, 3.05) is 5.75 Å². The lowest BCUT2D eigenvalue weighted by atomic mass is 9.78. The number of ketones is 1. The van der Waals surface area contributed by atoms with E-state index in [9.17, 15) is 9.90 Å². The van der Waals surface area contributed by atoms with Gasteiger partial charge in [-0.25, -0.2) is 0 Å². The topological polar surface area (TPSA) is 77.2 Å². The molecular weight excluding hydrogens is 482 g/mol. The largest absolute Gasteiger partial charge is 0.507 e. The lowest BCUT2D eigenvalue weighted by Gasteiger charge is -2.28. The lowest BCUT2D eigenvalue weighted by molar-refractivity contribution is 0.102. The fourth-order valence-corrected chi connectivity index (χ4v) is 4.72. The Hall–Kier alpha value is -2.51. The van der Waals surface area contributed by atoms with Gasteiger partial charge >= 0.3 is 0 Å². The number of phenols is 1. The molecule has 8 heteroatoms. The zero-order valence-electron chi connectivity index (χ0n) is 21.5. The Morgan fingerprint density at radius 3 is 2.11 bits per heavy atom. The number of halogens is 1. The van der Waals surface area contributed by atoms with E-state index in [1.807, 2.05) is 65.2 Å². The Morgan fingerprint density at radius 2 is 1.60 bits per heavy atom. The molecule has 0 aliphatic heterocycles. The Labute approximate surface area is 217 Å². The summed E-state index contributed by atoms with van der Waals surface area (Å²) < 4.78 is 7.77. The molecule has 0 aliphatic carbocycles. The highest BCUT2D eigenvalue weighted by Gasteiger charge is 2.28. The predicted molar refractivity (Wildman–Crippen MR) is 142 cm³/mol. The van der Waals surface area contributed by atoms with E-state index in [4.69, 9.17) is 16.3 Å². The summed E-state index contributed by atoms with van der Waals surface area (Å²) in [6.07, 6.45) is 0. The third-order valence-corrected chi connectivity index (χ3v) is 6.89. The fraction of sp³-hybridized carbons (Fsp3) is 0.444. The summed E-state index contributed by atoms with van der Waals surface area (Å²) in [7, 11) is 0. The molecule has 6 nitrogen and oxygen atoms in total. The van der Waals surface area contributed by atoms with Crippen molar-refractivity contribution in [3.63, 3.8) is 0 Å². The molecule has 0 unspecified atom stereocenters. The van der Waals surface area contributed by atoms with Crippen LogP contribution in [0.4, 0.5) is 0 Å². The van der Waals surface area contributed by atoms with Crippen LogP contribution in [0.2, 0.25) is 5.02 Å². The molecule has 0 fully saturated rings. The van der Waals surface area contributed by atoms with Gasteiger partial charge < -0.3 is 14.4 Å². The number of carbonyl (C=O) groups is 1. The SMILES string of the molecule is CCn1c(COc2ccc(Cl)cc2)nnc1SCC(=O)c1cc(C(C)(C)C)c(O)c(C(C)(C)C)c1. The van der Waals surface area contributed by atoms with Gasteiger partial charge in [0.05, 0.1) is 5.75 Å². The van der Waals surface area contributed by atoms with Crippen molar-refractivity contribution in [2.45, 2.75) is 77.6 Å². The van der Waals surface area contributed by atoms with Crippen molar-refractivity contribution in [3.05, 3.63) is 63.9 Å². The molecule has 3 rings (SSSR count). The number of rotatable bonds is 8. The van der Waals surface area contributed by atoms with Crippen molar-refractivity contribution >= 4 is 29.1 Å². The third-order valence-electron chi connectivity index (χ3n) is 5.67. The summed E-state index contributed by atoms with van der Waals surface area (Å²) in [5, 5.41) is 20.8. The molecule has 0 saturated heterocycles. The normalized spacial score (nSPS) is 12.1. The number of phenolic OH excluding ortho intramolecular Hbond substituents is 1. The number of hydrogen-bond donors (Lipinski definition) is 1. The van der Waals surface area contributed by atoms with Gasteiger partial charge in [0.15, 0.2) is 16.8 Å². The van der Waals surface area contributed by atoms with Gasteiger partial charge in [0.25, 0.3) is 0 Å². The number of nitrogens with zero attached hydrogens (tertiary/aromatic N) is 3. The van der Waals surface area contributed by atoms with Crippen LogP contribution in [-0.2, 0) is 24.0 Å². The van der Waals surface area contributed by atoms with E-state index in [2.05, 4.69) is 10.2 Å². The van der Waals surface area contributed by atoms with Crippen LogP contribution < -0.4 is 4.74 Å². The van der Waals surface area contributed by atoms with Gasteiger partial charge in [-0.2, -0.15) is 0 Å². The Bertz CT molecular complexity index is 1160. The van der Waals surface area contributed by atoms with Crippen LogP contribution in [0.15, 0.2) is 41.6 Å². The Kier molecular flexibility index (Phi) is 8.22. The average molecular weight is 516 g/mol. The van der Waals surface area contributed by atoms with Gasteiger partial charge in [-0.15, -0.1) is 10.2 Å². The highest BCUT2D eigenvalue weighted by Crippen LogP contribution is 2.40. The van der Waals surface area contributed by atoms with Crippen LogP contribution >= 0.6 is 23.4 Å². The van der Waals surface area contributed by atoms with E-state index < -0.39 is 0 Å². The fourth-order valence-electron chi connectivity index (χ4n) is 3.68. The van der Waals surface area contributed by atoms with E-state index in [1.165, 1.54) is 11.8 Å². The molecule has 1 aromatic heterocycles. The summed E-state index contributed by atoms with van der Waals surface area (Å²) in [4.78, 5) is 13.2. The molecule has 0 saturated carbocycles. The van der Waals surface area contributed by atoms with Crippen LogP contribution in [0, 0.1) is 0 Å². The van der Waals surface area contributed by atoms with Crippen molar-refractivity contribution in [2.24, 2.45) is 0 Å². The second-order valence-electron chi connectivity index (χ2n) is 10.5. The summed E-state index contributed by atoms with van der Waals surface area (Å²) in [5.41, 5.74) is 1.55. The lowest BCUT2D eigenvalue weighted by Crippen LogP contribution is -2.19. The number of hydrogen-bond acceptors (Lipinski definition) is 6. The summed E-state index contributed by atoms with van der Waals surface area (Å²) in [6.45, 7) is 15.1. The molecule has 188 valence electrons. The maximum absolute atomic E-state index is 13.2. The number of Topliss-reactive ketones (excluding diaryl/α,β-unsaturated/α-hetero) is 1. The minimum absolute atomic E-state index is 0.0179. The van der Waals surface area contributed by atoms with E-state index in [-0.39, 0.29) is 34.7 Å². The molecule has 1 heterocycles. The van der Waals surface area contributed by atoms with Crippen molar-refractivity contribution in [1.82, 2.24) is 14.8 Å². The molecule has 0 amide bonds. The molecule has 0 radical (unpaired) electrons. The summed E-state index contributed by atoms with van der Waals surface area (Å²) >= 11 is 7.28. The van der Waals surface area contributed by atoms with Crippen molar-refractivity contribution in [3.8, 4) is 11.5 Å². The van der Waals surface area contributed by atoms with Crippen LogP contribution in [0.5, 0.6) is 11.5 Å². The van der Waals surface area contributed by atoms with Gasteiger partial charge in [0, 0.05) is 28.3 Å². The first-order valence-corrected chi connectivity index (χ1v) is 13.0. The minimum atomic E-state index is -0.297. The summed E-state index contributed by atoms with van der Waals surface area (Å²) in [5.74, 6) is 1.85. The van der Waals surface area contributed by atoms with Gasteiger partial charge in [-0.1, -0.05) is 64.9 Å². The number of carbonyl (C=O) groups excluding carboxylic acids is 1. The van der Waals surface area contributed by atoms with E-state index in [1.54, 1.807) is 24.3 Å². The molecule has 35 heavy (non-hydrogen) atoms. The maximum Gasteiger partial charge on any atom is 0.191 e. The molecular formula is C27H34ClN3O3S. The molecule has 0 atom stereocenters. The Balaban J connectivity index is 1.77. The van der Waals surface area contributed by atoms with Gasteiger partial charge in [0.2, 0.25) is 0 Å². The molecule has 0 spiro atoms. The molecule has 0 bridgehead atoms. The van der Waals surface area contributed by atoms with E-state index in [0.717, 1.165) is 11.1 Å². The Morgan fingerprint density at radius 1 is 1.03 bits per heavy atom. The second kappa shape index (κ2) is 10.6. The predicted octanol–water partition coefficient (Wildman–Crippen LogP) is 6.81. The number of benzene rings is 2. The molecule has 0 aliphatic rings. The molecule has 1 N–H and O–H groups in total. The summed E-state index contributed by atoms with van der Waals surface area (Å²) in [6, 6.07) is 10.8. The van der Waals surface area contributed by atoms with Crippen LogP contribution in [0.1, 0.15) is 75.8 Å². The highest BCUT2D eigenvalue weighted by molar-refractivity contribution is 7.99. The van der Waals surface area contributed by atoms with Crippen LogP contribution in [0.3, 0.4) is 0 Å². The van der Waals surface area contributed by atoms with Gasteiger partial charge in [-0.3, -0.25) is 4.79 Å². The standard InChI is InChI=1S/C27H34ClN3O3S/c1-8-31-23(15-34-19-11-9-18(28)10-12-19)29-30-25(31)35-16-22(32)17-13-20(26(2,3)4)24(33)21(14-17)27(5,6)7/h9-14,33H,8,15-16H2,1-7H3. The third kappa shape index (κ3) is 6.58. The van der Waals surface area contributed by atoms with Crippen molar-refractivity contribution in [1.29, 1.82) is 0 Å². The van der Waals surface area contributed by atoms with Gasteiger partial charge in [0.1, 0.15) is 18.1 Å². The van der Waals surface area contributed by atoms with Gasteiger partial charge in [-0.05, 0) is 54.2 Å². The first kappa shape index (κ1) is 27.1. The first-order valence-electron chi connectivity index (χ1n) is 11.7. The average Bonchev–Trinajstić information content (AvgIpc) is 3.17. The van der Waals surface area contributed by atoms with Crippen LogP contribution in [0.25, 0.3) is 0 Å². The zero-order valence-corrected chi connectivity index (χ0v) is 23.0. The highest BCUT2D eigenvalue weighted by atomic mass is 35.5. The number of aromatic nitrogens is 3. The smallest absolute Gasteiger partial charge is 0.191 e. The maximum atomic E-state index is 13.2. The number of thioether (sulfide) groups is 1. The monoisotopic (exact) mass is 515 g/mol. The first-order chi connectivity index (χ1) is 16.3. The molecule has 2 aromatic carbocycles. The second-order valence-corrected chi connectivity index (χ2v) is 11.9. The number of aromatic hydroxyl groups is 1.